The molecule has 0 spiro atoms. The van der Waals surface area contributed by atoms with E-state index in [1.165, 1.54) is 19.3 Å². The first-order valence-corrected chi connectivity index (χ1v) is 17.9. The highest BCUT2D eigenvalue weighted by Crippen LogP contribution is 2.64. The third kappa shape index (κ3) is 5.01. The number of ether oxygens (including phenoxy) is 1. The molecule has 3 aliphatic carbocycles. The second-order valence-electron chi connectivity index (χ2n) is 13.9. The maximum Gasteiger partial charge on any atom is 0.339 e. The lowest BCUT2D eigenvalue weighted by Gasteiger charge is -2.55. The van der Waals surface area contributed by atoms with Gasteiger partial charge in [0.1, 0.15) is 11.3 Å². The zero-order valence-corrected chi connectivity index (χ0v) is 29.8. The molecule has 2 amide bonds. The Balaban J connectivity index is 1.35. The molecule has 0 aromatic heterocycles. The number of carboxylic acids is 1. The Kier molecular flexibility index (Phi) is 8.21. The molecule has 4 aliphatic rings. The molecule has 53 heavy (non-hydrogen) atoms. The van der Waals surface area contributed by atoms with Crippen molar-refractivity contribution in [3.8, 4) is 17.2 Å². The van der Waals surface area contributed by atoms with Gasteiger partial charge in [-0.15, -0.1) is 0 Å². The maximum absolute atomic E-state index is 15.2. The van der Waals surface area contributed by atoms with Crippen LogP contribution in [0.1, 0.15) is 45.8 Å². The summed E-state index contributed by atoms with van der Waals surface area (Å²) in [5, 5.41) is 30.8. The average Bonchev–Trinajstić information content (AvgIpc) is 3.42. The van der Waals surface area contributed by atoms with E-state index in [0.717, 1.165) is 22.6 Å². The molecule has 10 nitrogen and oxygen atoms in total. The van der Waals surface area contributed by atoms with Gasteiger partial charge in [-0.3, -0.25) is 19.2 Å². The van der Waals surface area contributed by atoms with Crippen LogP contribution in [0.3, 0.4) is 0 Å². The lowest BCUT2D eigenvalue weighted by molar-refractivity contribution is -0.135. The fourth-order valence-corrected chi connectivity index (χ4v) is 9.72. The first-order valence-electron chi connectivity index (χ1n) is 17.1. The topological polar surface area (TPSA) is 159 Å². The molecule has 1 aliphatic heterocycles. The van der Waals surface area contributed by atoms with Crippen molar-refractivity contribution < 1.29 is 44.0 Å². The number of fused-ring (bicyclic) bond motifs is 4. The number of phenols is 2. The number of amides is 2. The number of aromatic hydroxyl groups is 2. The van der Waals surface area contributed by atoms with Crippen molar-refractivity contribution in [2.75, 3.05) is 12.0 Å². The van der Waals surface area contributed by atoms with Crippen LogP contribution in [0.4, 0.5) is 5.69 Å². The van der Waals surface area contributed by atoms with Gasteiger partial charge in [-0.2, -0.15) is 0 Å². The first-order chi connectivity index (χ1) is 25.5. The molecule has 11 heteroatoms. The van der Waals surface area contributed by atoms with E-state index < -0.39 is 58.5 Å². The molecule has 6 atom stereocenters. The Labute approximate surface area is 312 Å². The molecule has 1 saturated carbocycles. The van der Waals surface area contributed by atoms with E-state index in [2.05, 4.69) is 15.9 Å². The van der Waals surface area contributed by atoms with E-state index in [1.54, 1.807) is 36.4 Å². The monoisotopic (exact) mass is 773 g/mol. The Bertz CT molecular complexity index is 2320. The quantitative estimate of drug-likeness (QED) is 0.145. The molecule has 0 radical (unpaired) electrons. The van der Waals surface area contributed by atoms with Crippen LogP contribution >= 0.6 is 15.9 Å². The van der Waals surface area contributed by atoms with E-state index in [9.17, 15) is 29.7 Å². The number of imide groups is 1. The van der Waals surface area contributed by atoms with Gasteiger partial charge in [0.2, 0.25) is 11.8 Å². The van der Waals surface area contributed by atoms with Crippen LogP contribution in [-0.4, -0.2) is 51.8 Å². The van der Waals surface area contributed by atoms with Gasteiger partial charge in [-0.25, -0.2) is 9.69 Å². The molecule has 0 bridgehead atoms. The summed E-state index contributed by atoms with van der Waals surface area (Å²) in [5.74, 6) is -7.74. The number of hydrogen-bond acceptors (Lipinski definition) is 8. The van der Waals surface area contributed by atoms with Crippen LogP contribution in [0.2, 0.25) is 0 Å². The van der Waals surface area contributed by atoms with Crippen molar-refractivity contribution in [3.05, 3.63) is 135 Å². The molecule has 3 N–H and O–H groups in total. The summed E-state index contributed by atoms with van der Waals surface area (Å²) in [6, 6.07) is 25.0. The third-order valence-electron chi connectivity index (χ3n) is 11.4. The summed E-state index contributed by atoms with van der Waals surface area (Å²) < 4.78 is 5.87. The summed E-state index contributed by atoms with van der Waals surface area (Å²) in [5.41, 5.74) is 0.937. The minimum Gasteiger partial charge on any atom is -0.507 e. The molecule has 1 heterocycles. The van der Waals surface area contributed by atoms with Crippen LogP contribution < -0.4 is 9.64 Å². The molecule has 2 fully saturated rings. The number of benzene rings is 4. The molecular weight excluding hydrogens is 742 g/mol. The van der Waals surface area contributed by atoms with Crippen LogP contribution in [0.15, 0.2) is 113 Å². The van der Waals surface area contributed by atoms with Gasteiger partial charge in [-0.1, -0.05) is 72.3 Å². The predicted molar refractivity (Wildman–Crippen MR) is 196 cm³/mol. The molecule has 4 aromatic rings. The van der Waals surface area contributed by atoms with Gasteiger partial charge in [0, 0.05) is 23.5 Å². The number of anilines is 1. The number of carbonyl (C=O) groups is 5. The standard InChI is InChI=1S/C42H32BrNO9/c1-53-33-17-22(16-31(43)38(33)48)36-25-14-15-27-35(40(50)44(39(27)49)24-12-13-26(41(51)52)32(45)18-24)29(25)19-30-37(47)28(21-8-4-2-5-9-21)20-34(46)42(30,36)23-10-6-3-7-11-23/h2-14,16-18,20,27,29-30,35-36,45,48H,15,19H2,1H3,(H,51,52)/t27-,29+,30-,35-,36-,42-/m0/s1. The van der Waals surface area contributed by atoms with E-state index >= 15 is 9.59 Å². The van der Waals surface area contributed by atoms with Crippen molar-refractivity contribution in [2.45, 2.75) is 24.2 Å². The summed E-state index contributed by atoms with van der Waals surface area (Å²) in [6.45, 7) is 0. The minimum absolute atomic E-state index is 0.0369. The lowest BCUT2D eigenvalue weighted by Crippen LogP contribution is -2.58. The number of Topliss-reactive ketones (excluding diaryl/α,β-unsaturated/α-hetero) is 1. The van der Waals surface area contributed by atoms with Crippen LogP contribution in [0.5, 0.6) is 17.2 Å². The van der Waals surface area contributed by atoms with E-state index in [-0.39, 0.29) is 52.7 Å². The zero-order valence-electron chi connectivity index (χ0n) is 28.2. The van der Waals surface area contributed by atoms with Crippen LogP contribution in [0, 0.1) is 23.7 Å². The Hall–Kier alpha value is -5.81. The number of halogens is 1. The highest BCUT2D eigenvalue weighted by atomic mass is 79.9. The maximum atomic E-state index is 15.2. The number of allylic oxidation sites excluding steroid dienone is 4. The van der Waals surface area contributed by atoms with E-state index in [4.69, 9.17) is 4.74 Å². The Morgan fingerprint density at radius 2 is 1.58 bits per heavy atom. The number of hydrogen-bond donors (Lipinski definition) is 3. The van der Waals surface area contributed by atoms with Gasteiger partial charge in [-0.05, 0) is 81.7 Å². The van der Waals surface area contributed by atoms with E-state index in [1.807, 2.05) is 42.5 Å². The summed E-state index contributed by atoms with van der Waals surface area (Å²) in [7, 11) is 1.41. The fourth-order valence-electron chi connectivity index (χ4n) is 9.26. The largest absolute Gasteiger partial charge is 0.507 e. The number of phenolic OH excluding ortho intramolecular Hbond substituents is 1. The molecule has 0 unspecified atom stereocenters. The Morgan fingerprint density at radius 3 is 2.25 bits per heavy atom. The van der Waals surface area contributed by atoms with Gasteiger partial charge in [0.25, 0.3) is 0 Å². The number of ketones is 2. The number of carbonyl (C=O) groups excluding carboxylic acids is 4. The first kappa shape index (κ1) is 34.3. The van der Waals surface area contributed by atoms with Crippen molar-refractivity contribution in [1.82, 2.24) is 0 Å². The molecule has 1 saturated heterocycles. The second kappa shape index (κ2) is 12.7. The molecule has 8 rings (SSSR count). The van der Waals surface area contributed by atoms with Crippen molar-refractivity contribution in [2.24, 2.45) is 23.7 Å². The highest BCUT2D eigenvalue weighted by Gasteiger charge is 2.66. The molecule has 4 aromatic carbocycles. The van der Waals surface area contributed by atoms with E-state index in [0.29, 0.717) is 21.2 Å². The summed E-state index contributed by atoms with van der Waals surface area (Å²) in [6.07, 6.45) is 3.59. The van der Waals surface area contributed by atoms with Crippen molar-refractivity contribution in [1.29, 1.82) is 0 Å². The third-order valence-corrected chi connectivity index (χ3v) is 12.1. The predicted octanol–water partition coefficient (Wildman–Crippen LogP) is 6.60. The number of aromatic carboxylic acids is 1. The van der Waals surface area contributed by atoms with Crippen LogP contribution in [0.25, 0.3) is 5.57 Å². The number of rotatable bonds is 6. The van der Waals surface area contributed by atoms with Gasteiger partial charge in [0.05, 0.1) is 34.5 Å². The number of nitrogens with zero attached hydrogens (tertiary/aromatic N) is 1. The number of carboxylic acid groups (broad SMARTS) is 1. The lowest BCUT2D eigenvalue weighted by atomic mass is 9.44. The number of methoxy groups -OCH3 is 1. The van der Waals surface area contributed by atoms with Gasteiger partial charge >= 0.3 is 5.97 Å². The van der Waals surface area contributed by atoms with Crippen molar-refractivity contribution in [3.63, 3.8) is 0 Å². The van der Waals surface area contributed by atoms with Crippen molar-refractivity contribution >= 4 is 56.5 Å². The molecular formula is C42H32BrNO9. The molecule has 266 valence electrons. The minimum atomic E-state index is -1.48. The summed E-state index contributed by atoms with van der Waals surface area (Å²) in [4.78, 5) is 71.5. The zero-order chi connectivity index (χ0) is 37.3. The summed E-state index contributed by atoms with van der Waals surface area (Å²) >= 11 is 3.46. The van der Waals surface area contributed by atoms with Gasteiger partial charge < -0.3 is 20.1 Å². The van der Waals surface area contributed by atoms with Crippen LogP contribution in [-0.2, 0) is 24.6 Å². The average molecular weight is 775 g/mol. The highest BCUT2D eigenvalue weighted by molar-refractivity contribution is 9.10. The normalized spacial score (nSPS) is 26.3. The Morgan fingerprint density at radius 1 is 0.887 bits per heavy atom. The van der Waals surface area contributed by atoms with Gasteiger partial charge in [0.15, 0.2) is 23.1 Å². The second-order valence-corrected chi connectivity index (χ2v) is 14.7. The fraction of sp³-hybridized carbons (Fsp3) is 0.214. The smallest absolute Gasteiger partial charge is 0.339 e. The SMILES string of the molecule is COc1cc([C@H]2C3=CC[C@@H]4C(=O)N(c5ccc(C(=O)O)c(O)c5)C(=O)[C@@H]4[C@@H]3C[C@H]3C(=O)C(c4ccccc4)=CC(=O)[C@@]23c2ccccc2)cc(Br)c1O.